The van der Waals surface area contributed by atoms with E-state index in [0.717, 1.165) is 24.3 Å². The van der Waals surface area contributed by atoms with Crippen LogP contribution >= 0.6 is 11.6 Å². The average molecular weight is 256 g/mol. The van der Waals surface area contributed by atoms with Crippen molar-refractivity contribution >= 4 is 17.4 Å². The van der Waals surface area contributed by atoms with Crippen LogP contribution in [0, 0.1) is 18.8 Å². The van der Waals surface area contributed by atoms with Crippen molar-refractivity contribution in [1.29, 1.82) is 0 Å². The summed E-state index contributed by atoms with van der Waals surface area (Å²) in [5.74, 6) is 0.847. The number of halogens is 1. The molecule has 1 aliphatic rings. The van der Waals surface area contributed by atoms with Gasteiger partial charge in [0.2, 0.25) is 0 Å². The monoisotopic (exact) mass is 255 g/mol. The Morgan fingerprint density at radius 3 is 2.71 bits per heavy atom. The van der Waals surface area contributed by atoms with Crippen molar-refractivity contribution in [3.8, 4) is 0 Å². The highest BCUT2D eigenvalue weighted by molar-refractivity contribution is 6.30. The first-order valence-corrected chi connectivity index (χ1v) is 6.30. The number of aromatic nitrogens is 2. The molecule has 0 radical (unpaired) electrons. The molecule has 0 aromatic carbocycles. The summed E-state index contributed by atoms with van der Waals surface area (Å²) >= 11 is 6.13. The number of nitrogens with zero attached hydrogens (tertiary/aromatic N) is 2. The predicted octanol–water partition coefficient (Wildman–Crippen LogP) is 1.35. The van der Waals surface area contributed by atoms with Gasteiger partial charge in [-0.25, -0.2) is 0 Å². The van der Waals surface area contributed by atoms with Gasteiger partial charge in [0.15, 0.2) is 0 Å². The summed E-state index contributed by atoms with van der Waals surface area (Å²) in [5, 5.41) is 7.99. The van der Waals surface area contributed by atoms with E-state index in [4.69, 9.17) is 11.6 Å². The van der Waals surface area contributed by atoms with Crippen LogP contribution in [0.25, 0.3) is 0 Å². The van der Waals surface area contributed by atoms with E-state index < -0.39 is 0 Å². The summed E-state index contributed by atoms with van der Waals surface area (Å²) in [6.07, 6.45) is 0.399. The third-order valence-corrected chi connectivity index (χ3v) is 4.12. The SMILES string of the molecule is Cc1nn(C)c(Cl)c1CC(=O)C(C)C1CNC1. The van der Waals surface area contributed by atoms with Crippen LogP contribution in [-0.2, 0) is 18.3 Å². The molecule has 1 N–H and O–H groups in total. The van der Waals surface area contributed by atoms with E-state index in [2.05, 4.69) is 10.4 Å². The van der Waals surface area contributed by atoms with Gasteiger partial charge in [-0.2, -0.15) is 5.10 Å². The first kappa shape index (κ1) is 12.6. The van der Waals surface area contributed by atoms with Crippen LogP contribution in [0.15, 0.2) is 0 Å². The van der Waals surface area contributed by atoms with Crippen LogP contribution in [0.2, 0.25) is 5.15 Å². The van der Waals surface area contributed by atoms with Crippen molar-refractivity contribution in [3.05, 3.63) is 16.4 Å². The second-order valence-electron chi connectivity index (χ2n) is 4.83. The second kappa shape index (κ2) is 4.78. The summed E-state index contributed by atoms with van der Waals surface area (Å²) < 4.78 is 1.62. The largest absolute Gasteiger partial charge is 0.316 e. The molecule has 1 aromatic heterocycles. The molecule has 1 unspecified atom stereocenters. The van der Waals surface area contributed by atoms with Crippen LogP contribution in [0.5, 0.6) is 0 Å². The fourth-order valence-corrected chi connectivity index (χ4v) is 2.38. The molecular formula is C12H18ClN3O. The lowest BCUT2D eigenvalue weighted by Gasteiger charge is -2.31. The first-order valence-electron chi connectivity index (χ1n) is 5.92. The molecule has 1 saturated heterocycles. The predicted molar refractivity (Wildman–Crippen MR) is 67.2 cm³/mol. The molecule has 1 atom stereocenters. The van der Waals surface area contributed by atoms with Crippen LogP contribution in [0.1, 0.15) is 18.2 Å². The van der Waals surface area contributed by atoms with Gasteiger partial charge in [0.25, 0.3) is 0 Å². The van der Waals surface area contributed by atoms with E-state index in [0.29, 0.717) is 17.5 Å². The lowest BCUT2D eigenvalue weighted by atomic mass is 9.84. The molecular weight excluding hydrogens is 238 g/mol. The van der Waals surface area contributed by atoms with E-state index in [-0.39, 0.29) is 11.7 Å². The quantitative estimate of drug-likeness (QED) is 0.884. The van der Waals surface area contributed by atoms with Gasteiger partial charge in [-0.1, -0.05) is 18.5 Å². The Morgan fingerprint density at radius 2 is 2.29 bits per heavy atom. The van der Waals surface area contributed by atoms with Gasteiger partial charge in [0.1, 0.15) is 10.9 Å². The first-order chi connectivity index (χ1) is 8.00. The fourth-order valence-electron chi connectivity index (χ4n) is 2.14. The molecule has 17 heavy (non-hydrogen) atoms. The summed E-state index contributed by atoms with van der Waals surface area (Å²) in [6, 6.07) is 0. The van der Waals surface area contributed by atoms with Crippen LogP contribution in [0.4, 0.5) is 0 Å². The van der Waals surface area contributed by atoms with Crippen LogP contribution in [0.3, 0.4) is 0 Å². The molecule has 1 aromatic rings. The third kappa shape index (κ3) is 2.38. The maximum absolute atomic E-state index is 12.1. The van der Waals surface area contributed by atoms with E-state index in [1.54, 1.807) is 11.7 Å². The summed E-state index contributed by atoms with van der Waals surface area (Å²) in [7, 11) is 1.79. The molecule has 1 fully saturated rings. The number of aryl methyl sites for hydroxylation is 2. The van der Waals surface area contributed by atoms with Crippen molar-refractivity contribution in [2.45, 2.75) is 20.3 Å². The molecule has 2 rings (SSSR count). The number of nitrogens with one attached hydrogen (secondary N) is 1. The third-order valence-electron chi connectivity index (χ3n) is 3.65. The molecule has 5 heteroatoms. The van der Waals surface area contributed by atoms with Gasteiger partial charge >= 0.3 is 0 Å². The zero-order valence-electron chi connectivity index (χ0n) is 10.5. The fraction of sp³-hybridized carbons (Fsp3) is 0.667. The number of carbonyl (C=O) groups excluding carboxylic acids is 1. The molecule has 94 valence electrons. The number of hydrogen-bond donors (Lipinski definition) is 1. The lowest BCUT2D eigenvalue weighted by molar-refractivity contribution is -0.123. The molecule has 0 amide bonds. The Balaban J connectivity index is 2.07. The van der Waals surface area contributed by atoms with Gasteiger partial charge in [-0.05, 0) is 25.9 Å². The molecule has 0 spiro atoms. The average Bonchev–Trinajstić information content (AvgIpc) is 2.42. The summed E-state index contributed by atoms with van der Waals surface area (Å²) in [5.41, 5.74) is 1.73. The summed E-state index contributed by atoms with van der Waals surface area (Å²) in [6.45, 7) is 5.80. The maximum atomic E-state index is 12.1. The van der Waals surface area contributed by atoms with Gasteiger partial charge < -0.3 is 5.32 Å². The number of ketones is 1. The smallest absolute Gasteiger partial charge is 0.140 e. The van der Waals surface area contributed by atoms with E-state index >= 15 is 0 Å². The minimum Gasteiger partial charge on any atom is -0.316 e. The van der Waals surface area contributed by atoms with Gasteiger partial charge in [0.05, 0.1) is 5.69 Å². The number of carbonyl (C=O) groups is 1. The molecule has 0 saturated carbocycles. The van der Waals surface area contributed by atoms with Gasteiger partial charge in [-0.15, -0.1) is 0 Å². The van der Waals surface area contributed by atoms with Crippen molar-refractivity contribution in [2.75, 3.05) is 13.1 Å². The summed E-state index contributed by atoms with van der Waals surface area (Å²) in [4.78, 5) is 12.1. The Labute approximate surface area is 106 Å². The Kier molecular flexibility index (Phi) is 3.54. The van der Waals surface area contributed by atoms with Gasteiger partial charge in [0, 0.05) is 24.9 Å². The van der Waals surface area contributed by atoms with Gasteiger partial charge in [-0.3, -0.25) is 9.48 Å². The van der Waals surface area contributed by atoms with E-state index in [1.807, 2.05) is 13.8 Å². The number of rotatable bonds is 4. The minimum absolute atomic E-state index is 0.104. The Morgan fingerprint density at radius 1 is 1.65 bits per heavy atom. The zero-order chi connectivity index (χ0) is 12.6. The van der Waals surface area contributed by atoms with Crippen molar-refractivity contribution in [3.63, 3.8) is 0 Å². The highest BCUT2D eigenvalue weighted by Gasteiger charge is 2.29. The Hall–Kier alpha value is -0.870. The zero-order valence-corrected chi connectivity index (χ0v) is 11.2. The van der Waals surface area contributed by atoms with Crippen LogP contribution < -0.4 is 5.32 Å². The standard InChI is InChI=1S/C12H18ClN3O/c1-7(9-5-14-6-9)11(17)4-10-8(2)15-16(3)12(10)13/h7,9,14H,4-6H2,1-3H3. The van der Waals surface area contributed by atoms with E-state index in [1.165, 1.54) is 0 Å². The number of hydrogen-bond acceptors (Lipinski definition) is 3. The molecule has 1 aliphatic heterocycles. The van der Waals surface area contributed by atoms with E-state index in [9.17, 15) is 4.79 Å². The molecule has 0 aliphatic carbocycles. The topological polar surface area (TPSA) is 46.9 Å². The lowest BCUT2D eigenvalue weighted by Crippen LogP contribution is -2.47. The van der Waals surface area contributed by atoms with Crippen molar-refractivity contribution in [1.82, 2.24) is 15.1 Å². The van der Waals surface area contributed by atoms with Crippen LogP contribution in [-0.4, -0.2) is 28.7 Å². The molecule has 2 heterocycles. The second-order valence-corrected chi connectivity index (χ2v) is 5.19. The highest BCUT2D eigenvalue weighted by atomic mass is 35.5. The minimum atomic E-state index is 0.104. The highest BCUT2D eigenvalue weighted by Crippen LogP contribution is 2.23. The number of Topliss-reactive ketones (excluding diaryl/α,β-unsaturated/α-hetero) is 1. The van der Waals surface area contributed by atoms with Crippen molar-refractivity contribution < 1.29 is 4.79 Å². The maximum Gasteiger partial charge on any atom is 0.140 e. The van der Waals surface area contributed by atoms with Crippen molar-refractivity contribution in [2.24, 2.45) is 18.9 Å². The Bertz CT molecular complexity index is 437. The normalized spacial score (nSPS) is 17.9. The molecule has 4 nitrogen and oxygen atoms in total. The molecule has 0 bridgehead atoms.